The van der Waals surface area contributed by atoms with E-state index in [0.717, 1.165) is 17.2 Å². The maximum absolute atomic E-state index is 14.4. The molecule has 40 heavy (non-hydrogen) atoms. The Morgan fingerprint density at radius 2 is 1.62 bits per heavy atom. The number of nitrogens with one attached hydrogen (secondary N) is 2. The summed E-state index contributed by atoms with van der Waals surface area (Å²) in [6, 6.07) is 21.7. The zero-order chi connectivity index (χ0) is 28.2. The van der Waals surface area contributed by atoms with Crippen LogP contribution in [-0.2, 0) is 14.4 Å². The number of carbonyl (C=O) groups is 3. The van der Waals surface area contributed by atoms with Crippen LogP contribution < -0.4 is 10.6 Å². The maximum Gasteiger partial charge on any atom is 0.248 e. The number of benzene rings is 3. The van der Waals surface area contributed by atoms with Gasteiger partial charge in [0.1, 0.15) is 6.04 Å². The summed E-state index contributed by atoms with van der Waals surface area (Å²) in [4.78, 5) is 44.1. The summed E-state index contributed by atoms with van der Waals surface area (Å²) in [5.41, 5.74) is 1.34. The van der Waals surface area contributed by atoms with E-state index in [-0.39, 0.29) is 30.2 Å². The maximum atomic E-state index is 14.4. The van der Waals surface area contributed by atoms with E-state index in [0.29, 0.717) is 17.8 Å². The van der Waals surface area contributed by atoms with E-state index in [2.05, 4.69) is 17.6 Å². The van der Waals surface area contributed by atoms with Crippen molar-refractivity contribution in [3.8, 4) is 0 Å². The van der Waals surface area contributed by atoms with Crippen LogP contribution in [0.25, 0.3) is 10.8 Å². The Morgan fingerprint density at radius 1 is 0.950 bits per heavy atom. The molecule has 3 fully saturated rings. The first-order chi connectivity index (χ1) is 19.2. The van der Waals surface area contributed by atoms with Crippen LogP contribution in [0.2, 0.25) is 0 Å². The lowest BCUT2D eigenvalue weighted by Crippen LogP contribution is -2.56. The monoisotopic (exact) mass is 557 g/mol. The molecule has 3 aromatic rings. The van der Waals surface area contributed by atoms with Gasteiger partial charge in [-0.2, -0.15) is 0 Å². The highest BCUT2D eigenvalue weighted by Crippen LogP contribution is 2.71. The number of amides is 3. The first-order valence-corrected chi connectivity index (χ1v) is 14.8. The van der Waals surface area contributed by atoms with Gasteiger partial charge >= 0.3 is 0 Å². The number of likely N-dealkylation sites (tertiary alicyclic amines) is 1. The zero-order valence-electron chi connectivity index (χ0n) is 23.0. The van der Waals surface area contributed by atoms with E-state index >= 15 is 0 Å². The second-order valence-corrected chi connectivity index (χ2v) is 13.8. The molecule has 3 saturated heterocycles. The summed E-state index contributed by atoms with van der Waals surface area (Å²) in [6.45, 7) is 5.70. The van der Waals surface area contributed by atoms with Crippen molar-refractivity contribution < 1.29 is 19.5 Å². The predicted octanol–water partition coefficient (Wildman–Crippen LogP) is 4.92. The minimum absolute atomic E-state index is 0.0745. The molecule has 3 heterocycles. The second kappa shape index (κ2) is 9.93. The third kappa shape index (κ3) is 4.11. The van der Waals surface area contributed by atoms with Crippen LogP contribution in [-0.4, -0.2) is 55.9 Å². The highest BCUT2D eigenvalue weighted by Gasteiger charge is 2.77. The number of aliphatic hydroxyl groups excluding tert-OH is 1. The van der Waals surface area contributed by atoms with Gasteiger partial charge in [-0.15, -0.1) is 11.8 Å². The average Bonchev–Trinajstić information content (AvgIpc) is 3.50. The van der Waals surface area contributed by atoms with Crippen LogP contribution >= 0.6 is 11.8 Å². The fourth-order valence-corrected chi connectivity index (χ4v) is 9.60. The molecule has 0 aromatic heterocycles. The molecule has 3 aliphatic rings. The van der Waals surface area contributed by atoms with Gasteiger partial charge in [-0.3, -0.25) is 14.4 Å². The summed E-state index contributed by atoms with van der Waals surface area (Å²) in [7, 11) is 0. The van der Waals surface area contributed by atoms with Gasteiger partial charge < -0.3 is 20.6 Å². The normalized spacial score (nSPS) is 29.6. The zero-order valence-corrected chi connectivity index (χ0v) is 23.8. The van der Waals surface area contributed by atoms with E-state index in [1.165, 1.54) is 0 Å². The smallest absolute Gasteiger partial charge is 0.248 e. The van der Waals surface area contributed by atoms with Crippen molar-refractivity contribution in [1.82, 2.24) is 4.90 Å². The van der Waals surface area contributed by atoms with Crippen LogP contribution in [0, 0.1) is 17.8 Å². The van der Waals surface area contributed by atoms with Crippen LogP contribution in [0.15, 0.2) is 72.8 Å². The predicted molar refractivity (Wildman–Crippen MR) is 159 cm³/mol. The molecule has 3 amide bonds. The average molecular weight is 558 g/mol. The van der Waals surface area contributed by atoms with E-state index in [1.54, 1.807) is 16.7 Å². The van der Waals surface area contributed by atoms with Crippen LogP contribution in [0.5, 0.6) is 0 Å². The molecule has 208 valence electrons. The number of para-hydroxylation sites is 1. The first-order valence-electron chi connectivity index (χ1n) is 14.0. The van der Waals surface area contributed by atoms with Crippen molar-refractivity contribution in [3.63, 3.8) is 0 Å². The summed E-state index contributed by atoms with van der Waals surface area (Å²) in [5, 5.41) is 18.6. The standard InChI is InChI=1S/C32H35N3O4S/c1-19(2)24(18-36)35-27(29(38)34-23-14-13-20-9-7-8-10-21(20)17-23)32-16-15-31(3,40-32)25(26(32)30(35)39)28(37)33-22-11-5-4-6-12-22/h4-14,17,19,24-27,36H,15-16,18H2,1-3H3,(H,33,37)(H,34,38)/t24-,25+,26-,27?,31-,32?/m0/s1. The number of thioether (sulfide) groups is 1. The number of nitrogens with zero attached hydrogens (tertiary/aromatic N) is 1. The van der Waals surface area contributed by atoms with Crippen molar-refractivity contribution >= 4 is 51.6 Å². The molecule has 0 saturated carbocycles. The second-order valence-electron chi connectivity index (χ2n) is 11.9. The van der Waals surface area contributed by atoms with Crippen molar-refractivity contribution in [2.75, 3.05) is 17.2 Å². The molecule has 3 N–H and O–H groups in total. The Labute approximate surface area is 238 Å². The number of hydrogen-bond acceptors (Lipinski definition) is 5. The van der Waals surface area contributed by atoms with E-state index in [9.17, 15) is 19.5 Å². The van der Waals surface area contributed by atoms with Crippen molar-refractivity contribution in [2.24, 2.45) is 17.8 Å². The number of aliphatic hydroxyl groups is 1. The molecule has 6 atom stereocenters. The van der Waals surface area contributed by atoms with Gasteiger partial charge in [0.2, 0.25) is 17.7 Å². The van der Waals surface area contributed by atoms with Crippen molar-refractivity contribution in [3.05, 3.63) is 72.8 Å². The van der Waals surface area contributed by atoms with Gasteiger partial charge in [0.15, 0.2) is 0 Å². The topological polar surface area (TPSA) is 98.7 Å². The SMILES string of the molecule is CC(C)[C@H](CO)N1C(=O)[C@@H]2[C@H](C(=O)Nc3ccccc3)[C@]3(C)CCC2(S3)C1C(=O)Nc1ccc2ccccc2c1. The van der Waals surface area contributed by atoms with Gasteiger partial charge in [0.05, 0.1) is 29.2 Å². The van der Waals surface area contributed by atoms with E-state index < -0.39 is 33.4 Å². The Kier molecular flexibility index (Phi) is 6.66. The Bertz CT molecular complexity index is 1480. The number of carbonyl (C=O) groups excluding carboxylic acids is 3. The highest BCUT2D eigenvalue weighted by atomic mass is 32.2. The van der Waals surface area contributed by atoms with Crippen molar-refractivity contribution in [1.29, 1.82) is 0 Å². The summed E-state index contributed by atoms with van der Waals surface area (Å²) < 4.78 is -1.23. The molecule has 7 nitrogen and oxygen atoms in total. The largest absolute Gasteiger partial charge is 0.394 e. The Morgan fingerprint density at radius 3 is 2.33 bits per heavy atom. The third-order valence-corrected chi connectivity index (χ3v) is 11.1. The van der Waals surface area contributed by atoms with Gasteiger partial charge in [-0.05, 0) is 60.7 Å². The van der Waals surface area contributed by atoms with Crippen LogP contribution in [0.3, 0.4) is 0 Å². The quantitative estimate of drug-likeness (QED) is 0.383. The molecule has 0 radical (unpaired) electrons. The summed E-state index contributed by atoms with van der Waals surface area (Å²) >= 11 is 1.63. The molecule has 2 bridgehead atoms. The lowest BCUT2D eigenvalue weighted by molar-refractivity contribution is -0.142. The van der Waals surface area contributed by atoms with Crippen LogP contribution in [0.1, 0.15) is 33.6 Å². The van der Waals surface area contributed by atoms with Crippen molar-refractivity contribution in [2.45, 2.75) is 55.2 Å². The molecule has 0 aliphatic carbocycles. The fourth-order valence-electron chi connectivity index (χ4n) is 7.26. The van der Waals surface area contributed by atoms with Gasteiger partial charge in [-0.1, -0.05) is 62.4 Å². The number of hydrogen-bond donors (Lipinski definition) is 3. The van der Waals surface area contributed by atoms with Crippen LogP contribution in [0.4, 0.5) is 11.4 Å². The molecular weight excluding hydrogens is 522 g/mol. The minimum atomic E-state index is -0.808. The van der Waals surface area contributed by atoms with Gasteiger partial charge in [0.25, 0.3) is 0 Å². The number of fused-ring (bicyclic) bond motifs is 2. The van der Waals surface area contributed by atoms with E-state index in [1.807, 2.05) is 86.6 Å². The molecule has 3 aliphatic heterocycles. The molecular formula is C32H35N3O4S. The lowest BCUT2D eigenvalue weighted by atomic mass is 9.66. The van der Waals surface area contributed by atoms with E-state index in [4.69, 9.17) is 0 Å². The fraction of sp³-hybridized carbons (Fsp3) is 0.406. The molecule has 1 spiro atoms. The molecule has 2 unspecified atom stereocenters. The number of rotatable bonds is 7. The number of anilines is 2. The first kappa shape index (κ1) is 26.8. The summed E-state index contributed by atoms with van der Waals surface area (Å²) in [6.07, 6.45) is 1.38. The third-order valence-electron chi connectivity index (χ3n) is 9.12. The molecule has 6 rings (SSSR count). The Hall–Kier alpha value is -3.36. The molecule has 3 aromatic carbocycles. The van der Waals surface area contributed by atoms with Gasteiger partial charge in [0, 0.05) is 16.1 Å². The van der Waals surface area contributed by atoms with Gasteiger partial charge in [-0.25, -0.2) is 0 Å². The minimum Gasteiger partial charge on any atom is -0.394 e. The molecule has 8 heteroatoms. The summed E-state index contributed by atoms with van der Waals surface area (Å²) in [5.74, 6) is -2.00. The Balaban J connectivity index is 1.39. The highest BCUT2D eigenvalue weighted by molar-refractivity contribution is 8.02. The lowest BCUT2D eigenvalue weighted by Gasteiger charge is -2.38.